The van der Waals surface area contributed by atoms with Crippen LogP contribution in [0, 0.1) is 0 Å². The number of carbonyl (C=O) groups excluding carboxylic acids is 1. The smallest absolute Gasteiger partial charge is 0.243 e. The molecule has 2 nitrogen and oxygen atoms in total. The Bertz CT molecular complexity index is 384. The van der Waals surface area contributed by atoms with Gasteiger partial charge in [0, 0.05) is 12.5 Å². The number of hydrogen-bond donors (Lipinski definition) is 1. The number of amides is 1. The van der Waals surface area contributed by atoms with Gasteiger partial charge in [-0.15, -0.1) is 0 Å². The highest BCUT2D eigenvalue weighted by atomic mass is 16.1. The minimum absolute atomic E-state index is 0.0839. The molecule has 15 heavy (non-hydrogen) atoms. The number of nitrogens with one attached hydrogen (secondary N) is 1. The zero-order chi connectivity index (χ0) is 10.7. The molecule has 0 saturated carbocycles. The molecule has 2 rings (SSSR count). The van der Waals surface area contributed by atoms with Crippen molar-refractivity contribution in [3.8, 4) is 0 Å². The summed E-state index contributed by atoms with van der Waals surface area (Å²) in [6, 6.07) is 8.47. The average Bonchev–Trinajstić information content (AvgIpc) is 2.69. The normalized spacial score (nSPS) is 18.3. The molecule has 2 heteroatoms. The van der Waals surface area contributed by atoms with Crippen molar-refractivity contribution >= 4 is 5.91 Å². The maximum Gasteiger partial charge on any atom is 0.243 e. The molecular formula is C13H15NO. The molecule has 0 bridgehead atoms. The van der Waals surface area contributed by atoms with E-state index >= 15 is 0 Å². The van der Waals surface area contributed by atoms with Crippen molar-refractivity contribution in [1.82, 2.24) is 5.32 Å². The molecule has 0 aromatic heterocycles. The molecule has 0 saturated heterocycles. The van der Waals surface area contributed by atoms with Crippen LogP contribution in [0.25, 0.3) is 0 Å². The molecule has 1 unspecified atom stereocenters. The molecule has 0 radical (unpaired) electrons. The van der Waals surface area contributed by atoms with Crippen molar-refractivity contribution in [2.45, 2.75) is 18.8 Å². The first kappa shape index (κ1) is 9.97. The summed E-state index contributed by atoms with van der Waals surface area (Å²) in [5, 5.41) is 2.86. The Morgan fingerprint density at radius 1 is 1.53 bits per heavy atom. The first-order valence-corrected chi connectivity index (χ1v) is 5.29. The lowest BCUT2D eigenvalue weighted by molar-refractivity contribution is -0.116. The van der Waals surface area contributed by atoms with E-state index in [2.05, 4.69) is 36.2 Å². The Labute approximate surface area is 90.0 Å². The van der Waals surface area contributed by atoms with Gasteiger partial charge in [0.2, 0.25) is 5.91 Å². The Balaban J connectivity index is 2.02. The standard InChI is InChI=1S/C13H15NO/c1-2-13(15)14-9-11-8-7-10-5-3-4-6-12(10)11/h2-6,11H,1,7-9H2,(H,14,15). The Morgan fingerprint density at radius 2 is 2.33 bits per heavy atom. The van der Waals surface area contributed by atoms with E-state index in [0.717, 1.165) is 19.4 Å². The van der Waals surface area contributed by atoms with Gasteiger partial charge in [-0.1, -0.05) is 30.8 Å². The zero-order valence-electron chi connectivity index (χ0n) is 8.70. The molecular weight excluding hydrogens is 186 g/mol. The highest BCUT2D eigenvalue weighted by Gasteiger charge is 2.21. The monoisotopic (exact) mass is 201 g/mol. The number of benzene rings is 1. The van der Waals surface area contributed by atoms with Crippen LogP contribution < -0.4 is 5.32 Å². The lowest BCUT2D eigenvalue weighted by atomic mass is 10.0. The summed E-state index contributed by atoms with van der Waals surface area (Å²) in [4.78, 5) is 11.1. The largest absolute Gasteiger partial charge is 0.352 e. The first-order valence-electron chi connectivity index (χ1n) is 5.29. The van der Waals surface area contributed by atoms with Crippen molar-refractivity contribution in [2.75, 3.05) is 6.54 Å². The predicted molar refractivity (Wildman–Crippen MR) is 60.7 cm³/mol. The number of aryl methyl sites for hydroxylation is 1. The minimum Gasteiger partial charge on any atom is -0.352 e. The van der Waals surface area contributed by atoms with E-state index in [9.17, 15) is 4.79 Å². The van der Waals surface area contributed by atoms with Crippen molar-refractivity contribution < 1.29 is 4.79 Å². The fourth-order valence-corrected chi connectivity index (χ4v) is 2.15. The fraction of sp³-hybridized carbons (Fsp3) is 0.308. The van der Waals surface area contributed by atoms with Crippen molar-refractivity contribution in [3.63, 3.8) is 0 Å². The molecule has 1 aromatic rings. The van der Waals surface area contributed by atoms with E-state index in [0.29, 0.717) is 5.92 Å². The second-order valence-corrected chi connectivity index (χ2v) is 3.88. The molecule has 1 aliphatic rings. The maximum atomic E-state index is 11.1. The second kappa shape index (κ2) is 4.30. The lowest BCUT2D eigenvalue weighted by Crippen LogP contribution is -2.25. The summed E-state index contributed by atoms with van der Waals surface area (Å²) in [6.45, 7) is 4.16. The molecule has 78 valence electrons. The predicted octanol–water partition coefficient (Wildman–Crippen LogP) is 2.02. The second-order valence-electron chi connectivity index (χ2n) is 3.88. The van der Waals surface area contributed by atoms with Gasteiger partial charge in [-0.25, -0.2) is 0 Å². The number of rotatable bonds is 3. The highest BCUT2D eigenvalue weighted by Crippen LogP contribution is 2.31. The number of hydrogen-bond acceptors (Lipinski definition) is 1. The molecule has 0 heterocycles. The van der Waals surface area contributed by atoms with Gasteiger partial charge in [-0.05, 0) is 30.0 Å². The summed E-state index contributed by atoms with van der Waals surface area (Å²) in [5.41, 5.74) is 2.82. The van der Waals surface area contributed by atoms with Crippen LogP contribution in [0.5, 0.6) is 0 Å². The first-order chi connectivity index (χ1) is 7.31. The van der Waals surface area contributed by atoms with Crippen molar-refractivity contribution in [1.29, 1.82) is 0 Å². The quantitative estimate of drug-likeness (QED) is 0.745. The van der Waals surface area contributed by atoms with E-state index < -0.39 is 0 Å². The molecule has 1 amide bonds. The van der Waals surface area contributed by atoms with Crippen LogP contribution in [-0.2, 0) is 11.2 Å². The fourth-order valence-electron chi connectivity index (χ4n) is 2.15. The topological polar surface area (TPSA) is 29.1 Å². The number of carbonyl (C=O) groups is 1. The van der Waals surface area contributed by atoms with Crippen LogP contribution in [0.4, 0.5) is 0 Å². The van der Waals surface area contributed by atoms with Gasteiger partial charge >= 0.3 is 0 Å². The molecule has 1 atom stereocenters. The summed E-state index contributed by atoms with van der Waals surface area (Å²) >= 11 is 0. The van der Waals surface area contributed by atoms with Crippen LogP contribution in [0.1, 0.15) is 23.5 Å². The summed E-state index contributed by atoms with van der Waals surface area (Å²) in [6.07, 6.45) is 3.59. The average molecular weight is 201 g/mol. The number of fused-ring (bicyclic) bond motifs is 1. The molecule has 0 spiro atoms. The summed E-state index contributed by atoms with van der Waals surface area (Å²) < 4.78 is 0. The molecule has 1 aliphatic carbocycles. The van der Waals surface area contributed by atoms with Gasteiger partial charge in [0.15, 0.2) is 0 Å². The van der Waals surface area contributed by atoms with Gasteiger partial charge in [0.1, 0.15) is 0 Å². The van der Waals surface area contributed by atoms with Gasteiger partial charge in [0.25, 0.3) is 0 Å². The van der Waals surface area contributed by atoms with Gasteiger partial charge in [0.05, 0.1) is 0 Å². The highest BCUT2D eigenvalue weighted by molar-refractivity contribution is 5.86. The van der Waals surface area contributed by atoms with Gasteiger partial charge in [-0.2, -0.15) is 0 Å². The lowest BCUT2D eigenvalue weighted by Gasteiger charge is -2.11. The maximum absolute atomic E-state index is 11.1. The molecule has 1 N–H and O–H groups in total. The van der Waals surface area contributed by atoms with Crippen LogP contribution in [-0.4, -0.2) is 12.5 Å². The van der Waals surface area contributed by atoms with Crippen molar-refractivity contribution in [3.05, 3.63) is 48.0 Å². The third kappa shape index (κ3) is 2.09. The summed E-state index contributed by atoms with van der Waals surface area (Å²) in [5.74, 6) is 0.393. The molecule has 0 aliphatic heterocycles. The van der Waals surface area contributed by atoms with E-state index in [1.807, 2.05) is 0 Å². The van der Waals surface area contributed by atoms with Crippen LogP contribution in [0.2, 0.25) is 0 Å². The van der Waals surface area contributed by atoms with Crippen LogP contribution in [0.15, 0.2) is 36.9 Å². The van der Waals surface area contributed by atoms with E-state index in [-0.39, 0.29) is 5.91 Å². The third-order valence-corrected chi connectivity index (χ3v) is 2.97. The SMILES string of the molecule is C=CC(=O)NCC1CCc2ccccc21. The molecule has 1 aromatic carbocycles. The van der Waals surface area contributed by atoms with Crippen LogP contribution in [0.3, 0.4) is 0 Å². The summed E-state index contributed by atoms with van der Waals surface area (Å²) in [7, 11) is 0. The van der Waals surface area contributed by atoms with E-state index in [1.54, 1.807) is 0 Å². The van der Waals surface area contributed by atoms with Crippen molar-refractivity contribution in [2.24, 2.45) is 0 Å². The Morgan fingerprint density at radius 3 is 3.13 bits per heavy atom. The van der Waals surface area contributed by atoms with Crippen LogP contribution >= 0.6 is 0 Å². The Kier molecular flexibility index (Phi) is 2.86. The van der Waals surface area contributed by atoms with Gasteiger partial charge < -0.3 is 5.32 Å². The minimum atomic E-state index is -0.0839. The zero-order valence-corrected chi connectivity index (χ0v) is 8.70. The van der Waals surface area contributed by atoms with E-state index in [1.165, 1.54) is 17.2 Å². The van der Waals surface area contributed by atoms with Gasteiger partial charge in [-0.3, -0.25) is 4.79 Å². The molecule has 0 fully saturated rings. The third-order valence-electron chi connectivity index (χ3n) is 2.97. The Hall–Kier alpha value is -1.57. The van der Waals surface area contributed by atoms with E-state index in [4.69, 9.17) is 0 Å².